The SMILES string of the molecule is CCCN(Cc1cc(Br)ccc1F)C1CC2CCC(C1)N2. The predicted molar refractivity (Wildman–Crippen MR) is 87.8 cm³/mol. The van der Waals surface area contributed by atoms with Gasteiger partial charge in [0.25, 0.3) is 0 Å². The zero-order chi connectivity index (χ0) is 14.8. The fourth-order valence-corrected chi connectivity index (χ4v) is 4.30. The number of benzene rings is 1. The highest BCUT2D eigenvalue weighted by Gasteiger charge is 2.35. The number of nitrogens with one attached hydrogen (secondary N) is 1. The first-order valence-electron chi connectivity index (χ1n) is 8.09. The van der Waals surface area contributed by atoms with Crippen LogP contribution in [-0.4, -0.2) is 29.6 Å². The minimum absolute atomic E-state index is 0.0868. The van der Waals surface area contributed by atoms with Crippen molar-refractivity contribution in [2.45, 2.75) is 63.7 Å². The van der Waals surface area contributed by atoms with Gasteiger partial charge >= 0.3 is 0 Å². The molecule has 0 aromatic heterocycles. The van der Waals surface area contributed by atoms with E-state index in [1.54, 1.807) is 12.1 Å². The summed E-state index contributed by atoms with van der Waals surface area (Å²) in [5.41, 5.74) is 0.809. The van der Waals surface area contributed by atoms with Crippen LogP contribution in [0.25, 0.3) is 0 Å². The molecular weight excluding hydrogens is 331 g/mol. The number of rotatable bonds is 5. The molecule has 0 amide bonds. The summed E-state index contributed by atoms with van der Waals surface area (Å²) in [7, 11) is 0. The van der Waals surface area contributed by atoms with Crippen LogP contribution < -0.4 is 5.32 Å². The molecule has 1 aromatic rings. The van der Waals surface area contributed by atoms with Crippen LogP contribution in [0.4, 0.5) is 4.39 Å². The minimum atomic E-state index is -0.0868. The van der Waals surface area contributed by atoms with Crippen LogP contribution in [0.15, 0.2) is 22.7 Å². The van der Waals surface area contributed by atoms with Crippen LogP contribution in [0, 0.1) is 5.82 Å². The van der Waals surface area contributed by atoms with E-state index in [1.165, 1.54) is 25.7 Å². The predicted octanol–water partition coefficient (Wildman–Crippen LogP) is 4.08. The van der Waals surface area contributed by atoms with E-state index in [0.29, 0.717) is 18.1 Å². The van der Waals surface area contributed by atoms with E-state index in [-0.39, 0.29) is 5.82 Å². The number of hydrogen-bond acceptors (Lipinski definition) is 2. The van der Waals surface area contributed by atoms with Gasteiger partial charge in [0.1, 0.15) is 5.82 Å². The van der Waals surface area contributed by atoms with Crippen molar-refractivity contribution in [2.24, 2.45) is 0 Å². The van der Waals surface area contributed by atoms with Crippen LogP contribution in [0.5, 0.6) is 0 Å². The molecule has 2 nitrogen and oxygen atoms in total. The largest absolute Gasteiger partial charge is 0.311 e. The molecule has 2 atom stereocenters. The Balaban J connectivity index is 1.73. The molecule has 21 heavy (non-hydrogen) atoms. The lowest BCUT2D eigenvalue weighted by atomic mass is 9.97. The lowest BCUT2D eigenvalue weighted by molar-refractivity contribution is 0.132. The van der Waals surface area contributed by atoms with Crippen molar-refractivity contribution in [2.75, 3.05) is 6.54 Å². The van der Waals surface area contributed by atoms with Gasteiger partial charge in [-0.3, -0.25) is 4.90 Å². The van der Waals surface area contributed by atoms with Gasteiger partial charge in [0.2, 0.25) is 0 Å². The molecule has 0 radical (unpaired) electrons. The molecule has 0 saturated carbocycles. The van der Waals surface area contributed by atoms with E-state index < -0.39 is 0 Å². The molecule has 2 aliphatic heterocycles. The fraction of sp³-hybridized carbons (Fsp3) is 0.647. The van der Waals surface area contributed by atoms with E-state index in [9.17, 15) is 4.39 Å². The number of piperidine rings is 1. The average Bonchev–Trinajstić information content (AvgIpc) is 2.81. The molecule has 2 bridgehead atoms. The molecule has 0 aliphatic carbocycles. The average molecular weight is 355 g/mol. The molecule has 1 aromatic carbocycles. The van der Waals surface area contributed by atoms with Crippen molar-refractivity contribution >= 4 is 15.9 Å². The number of fused-ring (bicyclic) bond motifs is 2. The summed E-state index contributed by atoms with van der Waals surface area (Å²) in [6, 6.07) is 7.22. The van der Waals surface area contributed by atoms with Crippen molar-refractivity contribution in [3.63, 3.8) is 0 Å². The number of hydrogen-bond donors (Lipinski definition) is 1. The van der Waals surface area contributed by atoms with E-state index in [0.717, 1.165) is 29.5 Å². The van der Waals surface area contributed by atoms with Gasteiger partial charge in [-0.15, -0.1) is 0 Å². The first-order chi connectivity index (χ1) is 10.2. The summed E-state index contributed by atoms with van der Waals surface area (Å²) in [4.78, 5) is 2.50. The Bertz CT molecular complexity index is 482. The van der Waals surface area contributed by atoms with Crippen LogP contribution >= 0.6 is 15.9 Å². The van der Waals surface area contributed by atoms with Crippen molar-refractivity contribution in [3.05, 3.63) is 34.1 Å². The fourth-order valence-electron chi connectivity index (χ4n) is 3.89. The quantitative estimate of drug-likeness (QED) is 0.856. The summed E-state index contributed by atoms with van der Waals surface area (Å²) in [6.07, 6.45) is 6.17. The first kappa shape index (κ1) is 15.4. The highest BCUT2D eigenvalue weighted by Crippen LogP contribution is 2.31. The second-order valence-electron chi connectivity index (χ2n) is 6.47. The molecule has 4 heteroatoms. The van der Waals surface area contributed by atoms with Crippen LogP contribution in [0.1, 0.15) is 44.6 Å². The van der Waals surface area contributed by atoms with Crippen LogP contribution in [-0.2, 0) is 6.54 Å². The molecular formula is C17H24BrFN2. The second-order valence-corrected chi connectivity index (χ2v) is 7.38. The highest BCUT2D eigenvalue weighted by atomic mass is 79.9. The van der Waals surface area contributed by atoms with Crippen molar-refractivity contribution in [1.82, 2.24) is 10.2 Å². The number of halogens is 2. The molecule has 0 spiro atoms. The lowest BCUT2D eigenvalue weighted by Crippen LogP contribution is -2.48. The van der Waals surface area contributed by atoms with Gasteiger partial charge in [-0.05, 0) is 56.8 Å². The second kappa shape index (κ2) is 6.76. The molecule has 116 valence electrons. The standard InChI is InChI=1S/C17H24BrFN2/c1-2-7-21(11-12-8-13(18)3-6-17(12)19)16-9-14-4-5-15(10-16)20-14/h3,6,8,14-16,20H,2,4-5,7,9-11H2,1H3. The molecule has 2 aliphatic rings. The van der Waals surface area contributed by atoms with Gasteiger partial charge in [-0.25, -0.2) is 4.39 Å². The van der Waals surface area contributed by atoms with Gasteiger partial charge in [-0.2, -0.15) is 0 Å². The Morgan fingerprint density at radius 2 is 2.00 bits per heavy atom. The van der Waals surface area contributed by atoms with Crippen molar-refractivity contribution in [1.29, 1.82) is 0 Å². The minimum Gasteiger partial charge on any atom is -0.311 e. The van der Waals surface area contributed by atoms with E-state index in [2.05, 4.69) is 33.1 Å². The molecule has 2 unspecified atom stereocenters. The summed E-state index contributed by atoms with van der Waals surface area (Å²) in [5.74, 6) is -0.0868. The maximum atomic E-state index is 14.0. The molecule has 1 N–H and O–H groups in total. The smallest absolute Gasteiger partial charge is 0.127 e. The van der Waals surface area contributed by atoms with E-state index >= 15 is 0 Å². The Kier molecular flexibility index (Phi) is 4.97. The molecule has 3 rings (SSSR count). The Hall–Kier alpha value is -0.450. The Morgan fingerprint density at radius 1 is 1.29 bits per heavy atom. The Morgan fingerprint density at radius 3 is 2.67 bits per heavy atom. The maximum absolute atomic E-state index is 14.0. The molecule has 2 saturated heterocycles. The zero-order valence-electron chi connectivity index (χ0n) is 12.6. The van der Waals surface area contributed by atoms with Gasteiger partial charge < -0.3 is 5.32 Å². The topological polar surface area (TPSA) is 15.3 Å². The van der Waals surface area contributed by atoms with Gasteiger partial charge in [-0.1, -0.05) is 22.9 Å². The number of nitrogens with zero attached hydrogens (tertiary/aromatic N) is 1. The summed E-state index contributed by atoms with van der Waals surface area (Å²) in [5, 5.41) is 3.69. The van der Waals surface area contributed by atoms with Gasteiger partial charge in [0.15, 0.2) is 0 Å². The van der Waals surface area contributed by atoms with Gasteiger partial charge in [0, 0.05) is 34.7 Å². The Labute approximate surface area is 135 Å². The first-order valence-corrected chi connectivity index (χ1v) is 8.89. The summed E-state index contributed by atoms with van der Waals surface area (Å²) < 4.78 is 15.0. The van der Waals surface area contributed by atoms with Gasteiger partial charge in [0.05, 0.1) is 0 Å². The summed E-state index contributed by atoms with van der Waals surface area (Å²) in [6.45, 7) is 3.99. The molecule has 2 heterocycles. The highest BCUT2D eigenvalue weighted by molar-refractivity contribution is 9.10. The normalized spacial score (nSPS) is 28.3. The van der Waals surface area contributed by atoms with Crippen LogP contribution in [0.2, 0.25) is 0 Å². The van der Waals surface area contributed by atoms with Crippen LogP contribution in [0.3, 0.4) is 0 Å². The monoisotopic (exact) mass is 354 g/mol. The third-order valence-corrected chi connectivity index (χ3v) is 5.35. The summed E-state index contributed by atoms with van der Waals surface area (Å²) >= 11 is 3.46. The zero-order valence-corrected chi connectivity index (χ0v) is 14.2. The lowest BCUT2D eigenvalue weighted by Gasteiger charge is -2.38. The van der Waals surface area contributed by atoms with Crippen molar-refractivity contribution < 1.29 is 4.39 Å². The van der Waals surface area contributed by atoms with E-state index in [4.69, 9.17) is 0 Å². The van der Waals surface area contributed by atoms with Crippen molar-refractivity contribution in [3.8, 4) is 0 Å². The third-order valence-electron chi connectivity index (χ3n) is 4.86. The third kappa shape index (κ3) is 3.66. The molecule has 2 fully saturated rings. The van der Waals surface area contributed by atoms with E-state index in [1.807, 2.05) is 6.07 Å². The maximum Gasteiger partial charge on any atom is 0.127 e.